The SMILES string of the molecule is COc1ccccc1OCCN(CC(=O)COc1cccc2[nH]c3ccccc3c12)Cc1ccccc1. The van der Waals surface area contributed by atoms with Crippen LogP contribution in [-0.4, -0.2) is 49.1 Å². The molecule has 0 bridgehead atoms. The summed E-state index contributed by atoms with van der Waals surface area (Å²) in [5.41, 5.74) is 3.17. The molecule has 5 aromatic rings. The molecule has 1 heterocycles. The van der Waals surface area contributed by atoms with E-state index >= 15 is 0 Å². The molecular formula is C31H30N2O4. The number of hydrogen-bond donors (Lipinski definition) is 1. The van der Waals surface area contributed by atoms with Gasteiger partial charge in [0, 0.05) is 29.4 Å². The molecule has 188 valence electrons. The van der Waals surface area contributed by atoms with Gasteiger partial charge in [-0.05, 0) is 35.9 Å². The number of carbonyl (C=O) groups is 1. The van der Waals surface area contributed by atoms with Gasteiger partial charge in [0.05, 0.1) is 19.2 Å². The van der Waals surface area contributed by atoms with E-state index in [9.17, 15) is 4.79 Å². The number of methoxy groups -OCH3 is 1. The van der Waals surface area contributed by atoms with E-state index in [0.29, 0.717) is 36.9 Å². The van der Waals surface area contributed by atoms with Gasteiger partial charge in [-0.25, -0.2) is 0 Å². The first-order chi connectivity index (χ1) is 18.2. The molecular weight excluding hydrogens is 464 g/mol. The van der Waals surface area contributed by atoms with Gasteiger partial charge in [-0.2, -0.15) is 0 Å². The Morgan fingerprint density at radius 2 is 1.46 bits per heavy atom. The van der Waals surface area contributed by atoms with E-state index in [4.69, 9.17) is 14.2 Å². The van der Waals surface area contributed by atoms with Crippen LogP contribution in [-0.2, 0) is 11.3 Å². The third-order valence-corrected chi connectivity index (χ3v) is 6.26. The zero-order chi connectivity index (χ0) is 25.5. The second kappa shape index (κ2) is 11.6. The minimum Gasteiger partial charge on any atom is -0.493 e. The Morgan fingerprint density at radius 1 is 0.757 bits per heavy atom. The highest BCUT2D eigenvalue weighted by Crippen LogP contribution is 2.33. The van der Waals surface area contributed by atoms with Crippen LogP contribution in [0, 0.1) is 0 Å². The number of fused-ring (bicyclic) bond motifs is 3. The summed E-state index contributed by atoms with van der Waals surface area (Å²) in [5.74, 6) is 2.08. The summed E-state index contributed by atoms with van der Waals surface area (Å²) in [6.45, 7) is 1.90. The van der Waals surface area contributed by atoms with Crippen molar-refractivity contribution < 1.29 is 19.0 Å². The number of aromatic nitrogens is 1. The zero-order valence-corrected chi connectivity index (χ0v) is 20.9. The van der Waals surface area contributed by atoms with E-state index in [2.05, 4.69) is 28.1 Å². The maximum Gasteiger partial charge on any atom is 0.184 e. The Morgan fingerprint density at radius 3 is 2.30 bits per heavy atom. The number of rotatable bonds is 12. The van der Waals surface area contributed by atoms with E-state index in [1.54, 1.807) is 7.11 Å². The maximum absolute atomic E-state index is 13.1. The van der Waals surface area contributed by atoms with Gasteiger partial charge in [0.25, 0.3) is 0 Å². The van der Waals surface area contributed by atoms with Gasteiger partial charge < -0.3 is 19.2 Å². The molecule has 0 radical (unpaired) electrons. The predicted octanol–water partition coefficient (Wildman–Crippen LogP) is 5.86. The molecule has 1 N–H and O–H groups in total. The largest absolute Gasteiger partial charge is 0.493 e. The number of aromatic amines is 1. The fourth-order valence-electron chi connectivity index (χ4n) is 4.52. The quantitative estimate of drug-likeness (QED) is 0.235. The van der Waals surface area contributed by atoms with Crippen LogP contribution < -0.4 is 14.2 Å². The van der Waals surface area contributed by atoms with E-state index in [1.807, 2.05) is 78.9 Å². The summed E-state index contributed by atoms with van der Waals surface area (Å²) in [6, 6.07) is 31.7. The summed E-state index contributed by atoms with van der Waals surface area (Å²) in [5, 5.41) is 2.08. The number of Topliss-reactive ketones (excluding diaryl/α,β-unsaturated/α-hetero) is 1. The third-order valence-electron chi connectivity index (χ3n) is 6.26. The molecule has 37 heavy (non-hydrogen) atoms. The van der Waals surface area contributed by atoms with Gasteiger partial charge in [-0.1, -0.05) is 66.7 Å². The number of carbonyl (C=O) groups excluding carboxylic acids is 1. The van der Waals surface area contributed by atoms with Crippen LogP contribution in [0.5, 0.6) is 17.2 Å². The Labute approximate surface area is 216 Å². The number of H-pyrrole nitrogens is 1. The van der Waals surface area contributed by atoms with E-state index in [1.165, 1.54) is 0 Å². The van der Waals surface area contributed by atoms with Crippen LogP contribution in [0.15, 0.2) is 97.1 Å². The van der Waals surface area contributed by atoms with E-state index < -0.39 is 0 Å². The minimum atomic E-state index is -0.00270. The van der Waals surface area contributed by atoms with Gasteiger partial charge in [-0.15, -0.1) is 0 Å². The zero-order valence-electron chi connectivity index (χ0n) is 20.9. The van der Waals surface area contributed by atoms with Gasteiger partial charge >= 0.3 is 0 Å². The van der Waals surface area contributed by atoms with Crippen molar-refractivity contribution in [2.75, 3.05) is 33.4 Å². The smallest absolute Gasteiger partial charge is 0.184 e. The Balaban J connectivity index is 1.25. The van der Waals surface area contributed by atoms with Gasteiger partial charge in [0.15, 0.2) is 17.3 Å². The molecule has 1 aromatic heterocycles. The number of nitrogens with one attached hydrogen (secondary N) is 1. The fourth-order valence-corrected chi connectivity index (χ4v) is 4.52. The lowest BCUT2D eigenvalue weighted by Crippen LogP contribution is -2.35. The molecule has 0 atom stereocenters. The highest BCUT2D eigenvalue weighted by molar-refractivity contribution is 6.10. The Hall–Kier alpha value is -4.29. The van der Waals surface area contributed by atoms with Gasteiger partial charge in [-0.3, -0.25) is 9.69 Å². The van der Waals surface area contributed by atoms with Crippen molar-refractivity contribution in [3.63, 3.8) is 0 Å². The molecule has 0 aliphatic rings. The van der Waals surface area contributed by atoms with Crippen molar-refractivity contribution >= 4 is 27.6 Å². The van der Waals surface area contributed by atoms with Crippen molar-refractivity contribution in [2.24, 2.45) is 0 Å². The summed E-state index contributed by atoms with van der Waals surface area (Å²) in [7, 11) is 1.62. The number of ketones is 1. The van der Waals surface area contributed by atoms with E-state index in [-0.39, 0.29) is 18.9 Å². The van der Waals surface area contributed by atoms with Crippen molar-refractivity contribution in [3.8, 4) is 17.2 Å². The van der Waals surface area contributed by atoms with Crippen LogP contribution >= 0.6 is 0 Å². The highest BCUT2D eigenvalue weighted by Gasteiger charge is 2.15. The highest BCUT2D eigenvalue weighted by atomic mass is 16.5. The lowest BCUT2D eigenvalue weighted by molar-refractivity contribution is -0.122. The summed E-state index contributed by atoms with van der Waals surface area (Å²) in [6.07, 6.45) is 0. The monoisotopic (exact) mass is 494 g/mol. The standard InChI is InChI=1S/C31H30N2O4/c1-35-28-15-7-8-16-29(28)36-19-18-33(20-23-10-3-2-4-11-23)21-24(34)22-37-30-17-9-14-27-31(30)25-12-5-6-13-26(25)32-27/h2-17,32H,18-22H2,1H3. The maximum atomic E-state index is 13.1. The van der Waals surface area contributed by atoms with Crippen molar-refractivity contribution in [1.29, 1.82) is 0 Å². The molecule has 0 aliphatic carbocycles. The fraction of sp³-hybridized carbons (Fsp3) is 0.194. The van der Waals surface area contributed by atoms with Crippen molar-refractivity contribution in [3.05, 3.63) is 103 Å². The average molecular weight is 495 g/mol. The number of para-hydroxylation sites is 3. The summed E-state index contributed by atoms with van der Waals surface area (Å²) < 4.78 is 17.4. The van der Waals surface area contributed by atoms with Crippen LogP contribution in [0.4, 0.5) is 0 Å². The van der Waals surface area contributed by atoms with Crippen LogP contribution in [0.1, 0.15) is 5.56 Å². The molecule has 5 rings (SSSR count). The van der Waals surface area contributed by atoms with Gasteiger partial charge in [0.2, 0.25) is 0 Å². The summed E-state index contributed by atoms with van der Waals surface area (Å²) in [4.78, 5) is 18.6. The molecule has 0 unspecified atom stereocenters. The number of ether oxygens (including phenoxy) is 3. The first-order valence-electron chi connectivity index (χ1n) is 12.4. The molecule has 0 saturated heterocycles. The van der Waals surface area contributed by atoms with E-state index in [0.717, 1.165) is 27.4 Å². The predicted molar refractivity (Wildman–Crippen MR) is 147 cm³/mol. The molecule has 4 aromatic carbocycles. The number of hydrogen-bond acceptors (Lipinski definition) is 5. The minimum absolute atomic E-state index is 0.00270. The molecule has 6 heteroatoms. The van der Waals surface area contributed by atoms with Crippen LogP contribution in [0.2, 0.25) is 0 Å². The second-order valence-corrected chi connectivity index (χ2v) is 8.87. The first kappa shape index (κ1) is 24.4. The summed E-state index contributed by atoms with van der Waals surface area (Å²) >= 11 is 0. The number of nitrogens with zero attached hydrogens (tertiary/aromatic N) is 1. The third kappa shape index (κ3) is 5.93. The molecule has 0 saturated carbocycles. The van der Waals surface area contributed by atoms with Crippen LogP contribution in [0.3, 0.4) is 0 Å². The van der Waals surface area contributed by atoms with Gasteiger partial charge in [0.1, 0.15) is 19.0 Å². The first-order valence-corrected chi connectivity index (χ1v) is 12.4. The topological polar surface area (TPSA) is 63.8 Å². The molecule has 0 fully saturated rings. The number of benzene rings is 4. The Bertz CT molecular complexity index is 1480. The molecule has 0 aliphatic heterocycles. The van der Waals surface area contributed by atoms with Crippen LogP contribution in [0.25, 0.3) is 21.8 Å². The van der Waals surface area contributed by atoms with Crippen molar-refractivity contribution in [2.45, 2.75) is 6.54 Å². The molecule has 6 nitrogen and oxygen atoms in total. The normalized spacial score (nSPS) is 11.2. The second-order valence-electron chi connectivity index (χ2n) is 8.87. The molecule has 0 spiro atoms. The Kier molecular flexibility index (Phi) is 7.67. The van der Waals surface area contributed by atoms with Crippen molar-refractivity contribution in [1.82, 2.24) is 9.88 Å². The molecule has 0 amide bonds. The average Bonchev–Trinajstić information content (AvgIpc) is 3.32. The lowest BCUT2D eigenvalue weighted by atomic mass is 10.1. The lowest BCUT2D eigenvalue weighted by Gasteiger charge is -2.22.